The molecule has 21 heavy (non-hydrogen) atoms. The van der Waals surface area contributed by atoms with E-state index in [1.807, 2.05) is 12.3 Å². The molecular formula is C16H23NO3S. The summed E-state index contributed by atoms with van der Waals surface area (Å²) < 4.78 is 0. The summed E-state index contributed by atoms with van der Waals surface area (Å²) in [5.41, 5.74) is 2.06. The van der Waals surface area contributed by atoms with Crippen molar-refractivity contribution in [2.45, 2.75) is 58.4 Å². The van der Waals surface area contributed by atoms with Crippen LogP contribution in [0.1, 0.15) is 60.3 Å². The second-order valence-electron chi connectivity index (χ2n) is 6.06. The van der Waals surface area contributed by atoms with Gasteiger partial charge in [0.05, 0.1) is 5.56 Å². The second-order valence-corrected chi connectivity index (χ2v) is 7.02. The van der Waals surface area contributed by atoms with Crippen molar-refractivity contribution in [3.8, 4) is 0 Å². The molecule has 1 aromatic heterocycles. The molecule has 0 aliphatic heterocycles. The lowest BCUT2D eigenvalue weighted by atomic mass is 9.88. The summed E-state index contributed by atoms with van der Waals surface area (Å²) in [6.45, 7) is 4.19. The molecule has 1 heterocycles. The number of rotatable bonds is 6. The van der Waals surface area contributed by atoms with Gasteiger partial charge in [-0.3, -0.25) is 9.59 Å². The van der Waals surface area contributed by atoms with E-state index in [4.69, 9.17) is 5.11 Å². The quantitative estimate of drug-likeness (QED) is 0.847. The van der Waals surface area contributed by atoms with Crippen molar-refractivity contribution in [1.29, 1.82) is 0 Å². The Morgan fingerprint density at radius 3 is 3.00 bits per heavy atom. The number of carboxylic acid groups (broad SMARTS) is 1. The Kier molecular flexibility index (Phi) is 5.39. The highest BCUT2D eigenvalue weighted by Gasteiger charge is 2.23. The first-order chi connectivity index (χ1) is 9.97. The van der Waals surface area contributed by atoms with Crippen molar-refractivity contribution in [2.75, 3.05) is 0 Å². The number of carboxylic acids is 1. The maximum Gasteiger partial charge on any atom is 0.303 e. The Morgan fingerprint density at radius 2 is 2.29 bits per heavy atom. The van der Waals surface area contributed by atoms with Crippen molar-refractivity contribution in [3.05, 3.63) is 21.4 Å². The van der Waals surface area contributed by atoms with Gasteiger partial charge < -0.3 is 10.4 Å². The molecule has 2 N–H and O–H groups in total. The minimum atomic E-state index is -0.783. The van der Waals surface area contributed by atoms with E-state index in [0.717, 1.165) is 24.8 Å². The van der Waals surface area contributed by atoms with Crippen LogP contribution in [0.25, 0.3) is 0 Å². The van der Waals surface area contributed by atoms with Crippen molar-refractivity contribution in [2.24, 2.45) is 5.92 Å². The van der Waals surface area contributed by atoms with Gasteiger partial charge in [0.15, 0.2) is 0 Å². The van der Waals surface area contributed by atoms with Crippen molar-refractivity contribution in [1.82, 2.24) is 5.32 Å². The molecule has 0 saturated heterocycles. The molecular weight excluding hydrogens is 286 g/mol. The minimum absolute atomic E-state index is 0.00918. The Morgan fingerprint density at radius 1 is 1.52 bits per heavy atom. The molecule has 1 amide bonds. The lowest BCUT2D eigenvalue weighted by molar-refractivity contribution is -0.137. The van der Waals surface area contributed by atoms with E-state index in [2.05, 4.69) is 12.2 Å². The molecule has 0 bridgehead atoms. The summed E-state index contributed by atoms with van der Waals surface area (Å²) >= 11 is 1.69. The van der Waals surface area contributed by atoms with E-state index in [1.54, 1.807) is 11.3 Å². The standard InChI is InChI=1S/C16H23NO3S/c1-10-6-7-12-13(9-21-14(12)8-10)16(20)17-11(2)4-3-5-15(18)19/h9-11H,3-8H2,1-2H3,(H,17,20)(H,18,19). The summed E-state index contributed by atoms with van der Waals surface area (Å²) in [5.74, 6) is -0.0820. The van der Waals surface area contributed by atoms with Crippen LogP contribution in [0, 0.1) is 5.92 Å². The van der Waals surface area contributed by atoms with Crippen LogP contribution >= 0.6 is 11.3 Å². The van der Waals surface area contributed by atoms with E-state index in [0.29, 0.717) is 18.8 Å². The molecule has 0 aromatic carbocycles. The molecule has 1 aliphatic carbocycles. The van der Waals surface area contributed by atoms with Crippen LogP contribution in [0.15, 0.2) is 5.38 Å². The van der Waals surface area contributed by atoms with Gasteiger partial charge in [0.1, 0.15) is 0 Å². The van der Waals surface area contributed by atoms with Gasteiger partial charge in [0.2, 0.25) is 0 Å². The zero-order valence-corrected chi connectivity index (χ0v) is 13.5. The van der Waals surface area contributed by atoms with Crippen LogP contribution in [0.4, 0.5) is 0 Å². The van der Waals surface area contributed by atoms with Crippen LogP contribution in [0.2, 0.25) is 0 Å². The fourth-order valence-corrected chi connectivity index (χ4v) is 4.05. The molecule has 2 unspecified atom stereocenters. The molecule has 1 aliphatic rings. The molecule has 0 spiro atoms. The van der Waals surface area contributed by atoms with Crippen LogP contribution < -0.4 is 5.32 Å². The summed E-state index contributed by atoms with van der Waals surface area (Å²) in [6.07, 6.45) is 4.68. The lowest BCUT2D eigenvalue weighted by Gasteiger charge is -2.19. The fourth-order valence-electron chi connectivity index (χ4n) is 2.80. The van der Waals surface area contributed by atoms with Gasteiger partial charge in [-0.2, -0.15) is 0 Å². The van der Waals surface area contributed by atoms with Gasteiger partial charge in [-0.15, -0.1) is 11.3 Å². The van der Waals surface area contributed by atoms with E-state index in [9.17, 15) is 9.59 Å². The summed E-state index contributed by atoms with van der Waals surface area (Å²) in [4.78, 5) is 24.2. The second kappa shape index (κ2) is 7.07. The van der Waals surface area contributed by atoms with Gasteiger partial charge in [-0.1, -0.05) is 6.92 Å². The molecule has 2 atom stereocenters. The van der Waals surface area contributed by atoms with Gasteiger partial charge in [0.25, 0.3) is 5.91 Å². The van der Waals surface area contributed by atoms with Crippen molar-refractivity contribution >= 4 is 23.2 Å². The maximum atomic E-state index is 12.3. The zero-order valence-electron chi connectivity index (χ0n) is 12.6. The maximum absolute atomic E-state index is 12.3. The van der Waals surface area contributed by atoms with E-state index < -0.39 is 5.97 Å². The number of hydrogen-bond acceptors (Lipinski definition) is 3. The number of thiophene rings is 1. The highest BCUT2D eigenvalue weighted by molar-refractivity contribution is 7.10. The highest BCUT2D eigenvalue weighted by Crippen LogP contribution is 2.32. The number of carbonyl (C=O) groups is 2. The largest absolute Gasteiger partial charge is 0.481 e. The first kappa shape index (κ1) is 16.0. The smallest absolute Gasteiger partial charge is 0.303 e. The van der Waals surface area contributed by atoms with Crippen LogP contribution in [-0.4, -0.2) is 23.0 Å². The van der Waals surface area contributed by atoms with Gasteiger partial charge in [-0.05, 0) is 50.5 Å². The third-order valence-corrected chi connectivity index (χ3v) is 5.10. The molecule has 4 nitrogen and oxygen atoms in total. The molecule has 5 heteroatoms. The number of fused-ring (bicyclic) bond motifs is 1. The first-order valence-corrected chi connectivity index (χ1v) is 8.47. The molecule has 2 rings (SSSR count). The Labute approximate surface area is 129 Å². The minimum Gasteiger partial charge on any atom is -0.481 e. The fraction of sp³-hybridized carbons (Fsp3) is 0.625. The lowest BCUT2D eigenvalue weighted by Crippen LogP contribution is -2.33. The van der Waals surface area contributed by atoms with Gasteiger partial charge >= 0.3 is 5.97 Å². The number of hydrogen-bond donors (Lipinski definition) is 2. The number of carbonyl (C=O) groups excluding carboxylic acids is 1. The average molecular weight is 309 g/mol. The van der Waals surface area contributed by atoms with Gasteiger partial charge in [0, 0.05) is 22.7 Å². The molecule has 0 fully saturated rings. The Bertz CT molecular complexity index is 524. The van der Waals surface area contributed by atoms with Crippen LogP contribution in [0.3, 0.4) is 0 Å². The SMILES string of the molecule is CC1CCc2c(C(=O)NC(C)CCCC(=O)O)csc2C1. The van der Waals surface area contributed by atoms with Crippen LogP contribution in [-0.2, 0) is 17.6 Å². The highest BCUT2D eigenvalue weighted by atomic mass is 32.1. The summed E-state index contributed by atoms with van der Waals surface area (Å²) in [6, 6.07) is 0.00918. The Hall–Kier alpha value is -1.36. The zero-order chi connectivity index (χ0) is 15.4. The normalized spacial score (nSPS) is 18.9. The number of aliphatic carboxylic acids is 1. The number of amides is 1. The van der Waals surface area contributed by atoms with Crippen molar-refractivity contribution in [3.63, 3.8) is 0 Å². The topological polar surface area (TPSA) is 66.4 Å². The molecule has 1 aromatic rings. The Balaban J connectivity index is 1.90. The summed E-state index contributed by atoms with van der Waals surface area (Å²) in [5, 5.41) is 13.6. The van der Waals surface area contributed by atoms with Gasteiger partial charge in [-0.25, -0.2) is 0 Å². The predicted octanol–water partition coefficient (Wildman–Crippen LogP) is 3.25. The average Bonchev–Trinajstić information content (AvgIpc) is 2.80. The van der Waals surface area contributed by atoms with E-state index in [1.165, 1.54) is 10.4 Å². The molecule has 0 radical (unpaired) electrons. The summed E-state index contributed by atoms with van der Waals surface area (Å²) in [7, 11) is 0. The molecule has 116 valence electrons. The van der Waals surface area contributed by atoms with E-state index >= 15 is 0 Å². The first-order valence-electron chi connectivity index (χ1n) is 7.59. The third-order valence-electron chi connectivity index (χ3n) is 4.05. The predicted molar refractivity (Wildman–Crippen MR) is 83.9 cm³/mol. The van der Waals surface area contributed by atoms with Crippen LogP contribution in [0.5, 0.6) is 0 Å². The monoisotopic (exact) mass is 309 g/mol. The number of nitrogens with one attached hydrogen (secondary N) is 1. The van der Waals surface area contributed by atoms with E-state index in [-0.39, 0.29) is 18.4 Å². The van der Waals surface area contributed by atoms with Crippen molar-refractivity contribution < 1.29 is 14.7 Å². The third kappa shape index (κ3) is 4.30. The molecule has 0 saturated carbocycles.